The molecule has 1 aliphatic rings. The van der Waals surface area contributed by atoms with Gasteiger partial charge >= 0.3 is 5.97 Å². The van der Waals surface area contributed by atoms with Crippen LogP contribution in [-0.4, -0.2) is 40.7 Å². The molecule has 0 unspecified atom stereocenters. The molecule has 0 saturated carbocycles. The van der Waals surface area contributed by atoms with Crippen LogP contribution in [0.4, 0.5) is 11.4 Å². The second-order valence-corrected chi connectivity index (χ2v) is 8.10. The minimum absolute atomic E-state index is 0.0795. The Morgan fingerprint density at radius 1 is 1.29 bits per heavy atom. The number of hydrogen-bond acceptors (Lipinski definition) is 5. The Morgan fingerprint density at radius 3 is 2.65 bits per heavy atom. The summed E-state index contributed by atoms with van der Waals surface area (Å²) in [6, 6.07) is 7.79. The highest BCUT2D eigenvalue weighted by Gasteiger charge is 2.37. The summed E-state index contributed by atoms with van der Waals surface area (Å²) in [5.74, 6) is -1.36. The molecule has 1 fully saturated rings. The molecule has 1 aliphatic heterocycles. The fraction of sp³-hybridized carbons (Fsp3) is 0.478. The average molecular weight is 427 g/mol. The largest absolute Gasteiger partial charge is 0.455 e. The summed E-state index contributed by atoms with van der Waals surface area (Å²) in [4.78, 5) is 39.1. The van der Waals surface area contributed by atoms with Crippen molar-refractivity contribution < 1.29 is 19.1 Å². The average Bonchev–Trinajstić information content (AvgIpc) is 3.26. The molecule has 2 amide bonds. The first-order chi connectivity index (χ1) is 14.7. The van der Waals surface area contributed by atoms with E-state index in [9.17, 15) is 14.4 Å². The van der Waals surface area contributed by atoms with Gasteiger partial charge in [0.05, 0.1) is 23.0 Å². The van der Waals surface area contributed by atoms with E-state index in [0.29, 0.717) is 17.3 Å². The van der Waals surface area contributed by atoms with Crippen LogP contribution >= 0.6 is 0 Å². The van der Waals surface area contributed by atoms with Crippen molar-refractivity contribution in [2.45, 2.75) is 46.5 Å². The van der Waals surface area contributed by atoms with Crippen molar-refractivity contribution in [3.05, 3.63) is 41.2 Å². The Labute approximate surface area is 182 Å². The van der Waals surface area contributed by atoms with Crippen molar-refractivity contribution in [3.63, 3.8) is 0 Å². The zero-order chi connectivity index (χ0) is 22.7. The van der Waals surface area contributed by atoms with Crippen molar-refractivity contribution in [3.8, 4) is 0 Å². The first-order valence-electron chi connectivity index (χ1n) is 10.6. The molecule has 2 heterocycles. The Balaban J connectivity index is 1.60. The van der Waals surface area contributed by atoms with E-state index in [0.717, 1.165) is 23.4 Å². The molecule has 0 spiro atoms. The Morgan fingerprint density at radius 2 is 2.00 bits per heavy atom. The van der Waals surface area contributed by atoms with Gasteiger partial charge in [0, 0.05) is 25.7 Å². The summed E-state index contributed by atoms with van der Waals surface area (Å²) >= 11 is 0. The lowest BCUT2D eigenvalue weighted by molar-refractivity contribution is -0.151. The van der Waals surface area contributed by atoms with Gasteiger partial charge in [0.25, 0.3) is 5.91 Å². The van der Waals surface area contributed by atoms with Gasteiger partial charge in [-0.3, -0.25) is 19.1 Å². The van der Waals surface area contributed by atoms with Gasteiger partial charge < -0.3 is 15.0 Å². The number of rotatable bonds is 7. The van der Waals surface area contributed by atoms with Gasteiger partial charge in [0.2, 0.25) is 5.91 Å². The molecule has 1 aromatic heterocycles. The lowest BCUT2D eigenvalue weighted by atomic mass is 9.96. The number of benzene rings is 1. The Kier molecular flexibility index (Phi) is 6.77. The third kappa shape index (κ3) is 4.78. The lowest BCUT2D eigenvalue weighted by Gasteiger charge is -2.23. The molecule has 31 heavy (non-hydrogen) atoms. The van der Waals surface area contributed by atoms with Crippen LogP contribution in [0.1, 0.15) is 49.6 Å². The van der Waals surface area contributed by atoms with Crippen LogP contribution in [0.5, 0.6) is 0 Å². The number of carbonyl (C=O) groups is 3. The molecule has 0 radical (unpaired) electrons. The van der Waals surface area contributed by atoms with Crippen LogP contribution in [0.25, 0.3) is 0 Å². The highest BCUT2D eigenvalue weighted by molar-refractivity contribution is 6.00. The van der Waals surface area contributed by atoms with E-state index >= 15 is 0 Å². The first-order valence-corrected chi connectivity index (χ1v) is 10.6. The van der Waals surface area contributed by atoms with Gasteiger partial charge in [-0.25, -0.2) is 0 Å². The van der Waals surface area contributed by atoms with E-state index in [-0.39, 0.29) is 18.9 Å². The predicted molar refractivity (Wildman–Crippen MR) is 118 cm³/mol. The summed E-state index contributed by atoms with van der Waals surface area (Å²) in [5.41, 5.74) is 4.06. The molecule has 0 aliphatic carbocycles. The van der Waals surface area contributed by atoms with Crippen LogP contribution < -0.4 is 10.2 Å². The number of hydrogen-bond donors (Lipinski definition) is 1. The minimum Gasteiger partial charge on any atom is -0.455 e. The summed E-state index contributed by atoms with van der Waals surface area (Å²) in [7, 11) is 1.79. The molecule has 2 atom stereocenters. The topological polar surface area (TPSA) is 93.5 Å². The minimum atomic E-state index is -0.591. The van der Waals surface area contributed by atoms with Gasteiger partial charge in [-0.15, -0.1) is 0 Å². The second kappa shape index (κ2) is 9.32. The summed E-state index contributed by atoms with van der Waals surface area (Å²) < 4.78 is 6.89. The number of nitrogens with zero attached hydrogens (tertiary/aromatic N) is 3. The standard InChI is InChI=1S/C23H30N4O4/c1-6-14(2)18-9-7-8-10-19(18)27-12-17(11-21(27)29)23(30)31-13-20(28)24-22-15(3)25-26(5)16(22)4/h7-10,14,17H,6,11-13H2,1-5H3,(H,24,28)/t14-,17+/m0/s1. The summed E-state index contributed by atoms with van der Waals surface area (Å²) in [5, 5.41) is 6.98. The molecular weight excluding hydrogens is 396 g/mol. The number of aromatic nitrogens is 2. The maximum absolute atomic E-state index is 12.6. The SMILES string of the molecule is CC[C@H](C)c1ccccc1N1C[C@H](C(=O)OCC(=O)Nc2c(C)nn(C)c2C)CC1=O. The van der Waals surface area contributed by atoms with Gasteiger partial charge in [-0.05, 0) is 37.8 Å². The van der Waals surface area contributed by atoms with Gasteiger partial charge in [0.15, 0.2) is 6.61 Å². The van der Waals surface area contributed by atoms with Crippen molar-refractivity contribution in [1.29, 1.82) is 0 Å². The van der Waals surface area contributed by atoms with E-state index in [1.165, 1.54) is 0 Å². The second-order valence-electron chi connectivity index (χ2n) is 8.10. The van der Waals surface area contributed by atoms with Crippen LogP contribution in [0.15, 0.2) is 24.3 Å². The molecule has 1 aromatic carbocycles. The van der Waals surface area contributed by atoms with Gasteiger partial charge in [0.1, 0.15) is 0 Å². The molecule has 8 heteroatoms. The third-order valence-electron chi connectivity index (χ3n) is 5.95. The summed E-state index contributed by atoms with van der Waals surface area (Å²) in [6.07, 6.45) is 1.03. The molecular formula is C23H30N4O4. The zero-order valence-corrected chi connectivity index (χ0v) is 18.8. The van der Waals surface area contributed by atoms with Crippen LogP contribution in [-0.2, 0) is 26.2 Å². The van der Waals surface area contributed by atoms with Crippen LogP contribution in [0.3, 0.4) is 0 Å². The van der Waals surface area contributed by atoms with E-state index in [1.54, 1.807) is 23.6 Å². The molecule has 0 bridgehead atoms. The molecule has 8 nitrogen and oxygen atoms in total. The number of amides is 2. The number of carbonyl (C=O) groups excluding carboxylic acids is 3. The normalized spacial score (nSPS) is 17.0. The summed E-state index contributed by atoms with van der Waals surface area (Å²) in [6.45, 7) is 7.72. The molecule has 2 aromatic rings. The Bertz CT molecular complexity index is 997. The van der Waals surface area contributed by atoms with E-state index < -0.39 is 24.4 Å². The highest BCUT2D eigenvalue weighted by atomic mass is 16.5. The van der Waals surface area contributed by atoms with Gasteiger partial charge in [-0.1, -0.05) is 32.0 Å². The lowest BCUT2D eigenvalue weighted by Crippen LogP contribution is -2.29. The number of para-hydroxylation sites is 1. The molecule has 166 valence electrons. The molecule has 3 rings (SSSR count). The molecule has 1 N–H and O–H groups in total. The van der Waals surface area contributed by atoms with Gasteiger partial charge in [-0.2, -0.15) is 5.10 Å². The number of anilines is 2. The van der Waals surface area contributed by atoms with E-state index in [2.05, 4.69) is 24.3 Å². The number of nitrogens with one attached hydrogen (secondary N) is 1. The molecule has 1 saturated heterocycles. The smallest absolute Gasteiger partial charge is 0.311 e. The van der Waals surface area contributed by atoms with E-state index in [4.69, 9.17) is 4.74 Å². The maximum Gasteiger partial charge on any atom is 0.311 e. The highest BCUT2D eigenvalue weighted by Crippen LogP contribution is 2.33. The van der Waals surface area contributed by atoms with Crippen molar-refractivity contribution in [2.24, 2.45) is 13.0 Å². The quantitative estimate of drug-likeness (QED) is 0.687. The monoisotopic (exact) mass is 426 g/mol. The van der Waals surface area contributed by atoms with Crippen molar-refractivity contribution in [2.75, 3.05) is 23.4 Å². The number of ether oxygens (including phenoxy) is 1. The Hall–Kier alpha value is -3.16. The van der Waals surface area contributed by atoms with Crippen LogP contribution in [0.2, 0.25) is 0 Å². The third-order valence-corrected chi connectivity index (χ3v) is 5.95. The first kappa shape index (κ1) is 22.5. The van der Waals surface area contributed by atoms with Crippen molar-refractivity contribution >= 4 is 29.2 Å². The zero-order valence-electron chi connectivity index (χ0n) is 18.8. The van der Waals surface area contributed by atoms with E-state index in [1.807, 2.05) is 31.2 Å². The fourth-order valence-electron chi connectivity index (χ4n) is 3.85. The van der Waals surface area contributed by atoms with Crippen molar-refractivity contribution in [1.82, 2.24) is 9.78 Å². The number of esters is 1. The number of aryl methyl sites for hydroxylation is 2. The predicted octanol–water partition coefficient (Wildman–Crippen LogP) is 3.09. The van der Waals surface area contributed by atoms with Crippen LogP contribution in [0, 0.1) is 19.8 Å². The maximum atomic E-state index is 12.6. The fourth-order valence-corrected chi connectivity index (χ4v) is 3.85.